The number of thiophene rings is 1. The maximum Gasteiger partial charge on any atom is 0.252 e. The summed E-state index contributed by atoms with van der Waals surface area (Å²) in [5.74, 6) is 0.868. The molecular weight excluding hydrogens is 408 g/mol. The summed E-state index contributed by atoms with van der Waals surface area (Å²) in [7, 11) is 0. The van der Waals surface area contributed by atoms with Gasteiger partial charge in [-0.3, -0.25) is 9.69 Å². The van der Waals surface area contributed by atoms with Gasteiger partial charge in [-0.05, 0) is 71.6 Å². The standard InChI is InChI=1S/C25H28N2OS2/c28-25(23-6-2-3-7-24(23)30-19-22-12-15-29-18-22)26-16-20-8-10-21(11-9-20)17-27-13-4-1-5-14-27/h2-3,6-12,15,18H,1,4-5,13-14,16-17,19H2,(H,26,28). The number of likely N-dealkylation sites (tertiary alicyclic amines) is 1. The molecule has 30 heavy (non-hydrogen) atoms. The van der Waals surface area contributed by atoms with E-state index >= 15 is 0 Å². The van der Waals surface area contributed by atoms with Crippen LogP contribution in [-0.4, -0.2) is 23.9 Å². The fraction of sp³-hybridized carbons (Fsp3) is 0.320. The SMILES string of the molecule is O=C(NCc1ccc(CN2CCCCC2)cc1)c1ccccc1SCc1ccsc1. The Kier molecular flexibility index (Phi) is 7.62. The number of nitrogens with zero attached hydrogens (tertiary/aromatic N) is 1. The summed E-state index contributed by atoms with van der Waals surface area (Å²) in [5.41, 5.74) is 4.53. The van der Waals surface area contributed by atoms with Gasteiger partial charge in [0.05, 0.1) is 5.56 Å². The third-order valence-electron chi connectivity index (χ3n) is 5.44. The molecule has 1 saturated heterocycles. The lowest BCUT2D eigenvalue weighted by Crippen LogP contribution is -2.29. The molecule has 2 aromatic carbocycles. The van der Waals surface area contributed by atoms with Crippen LogP contribution in [0.1, 0.15) is 46.3 Å². The molecule has 3 aromatic rings. The number of piperidine rings is 1. The Bertz CT molecular complexity index is 932. The highest BCUT2D eigenvalue weighted by molar-refractivity contribution is 7.98. The zero-order valence-electron chi connectivity index (χ0n) is 17.2. The fourth-order valence-electron chi connectivity index (χ4n) is 3.73. The summed E-state index contributed by atoms with van der Waals surface area (Å²) in [5, 5.41) is 7.34. The van der Waals surface area contributed by atoms with Crippen molar-refractivity contribution in [2.45, 2.75) is 43.0 Å². The predicted molar refractivity (Wildman–Crippen MR) is 127 cm³/mol. The smallest absolute Gasteiger partial charge is 0.252 e. The second-order valence-electron chi connectivity index (χ2n) is 7.75. The molecule has 0 radical (unpaired) electrons. The van der Waals surface area contributed by atoms with Crippen LogP contribution in [0, 0.1) is 0 Å². The number of hydrogen-bond donors (Lipinski definition) is 1. The molecule has 0 unspecified atom stereocenters. The monoisotopic (exact) mass is 436 g/mol. The molecule has 1 aliphatic heterocycles. The lowest BCUT2D eigenvalue weighted by atomic mass is 10.1. The maximum atomic E-state index is 12.8. The van der Waals surface area contributed by atoms with E-state index < -0.39 is 0 Å². The Balaban J connectivity index is 1.31. The van der Waals surface area contributed by atoms with Gasteiger partial charge in [0.1, 0.15) is 0 Å². The minimum Gasteiger partial charge on any atom is -0.348 e. The normalized spacial score (nSPS) is 14.5. The van der Waals surface area contributed by atoms with Crippen LogP contribution >= 0.6 is 23.1 Å². The first-order chi connectivity index (χ1) is 14.8. The van der Waals surface area contributed by atoms with Crippen molar-refractivity contribution < 1.29 is 4.79 Å². The summed E-state index contributed by atoms with van der Waals surface area (Å²) in [6, 6.07) is 18.7. The number of carbonyl (C=O) groups excluding carboxylic acids is 1. The first kappa shape index (κ1) is 21.2. The Morgan fingerprint density at radius 1 is 0.933 bits per heavy atom. The average Bonchev–Trinajstić information content (AvgIpc) is 3.32. The van der Waals surface area contributed by atoms with Crippen LogP contribution in [0.2, 0.25) is 0 Å². The zero-order valence-corrected chi connectivity index (χ0v) is 18.8. The van der Waals surface area contributed by atoms with Crippen LogP contribution in [-0.2, 0) is 18.8 Å². The van der Waals surface area contributed by atoms with E-state index in [9.17, 15) is 4.79 Å². The largest absolute Gasteiger partial charge is 0.348 e. The van der Waals surface area contributed by atoms with Gasteiger partial charge in [0.25, 0.3) is 5.91 Å². The van der Waals surface area contributed by atoms with Crippen molar-refractivity contribution in [3.05, 3.63) is 87.6 Å². The number of thioether (sulfide) groups is 1. The topological polar surface area (TPSA) is 32.3 Å². The van der Waals surface area contributed by atoms with Gasteiger partial charge >= 0.3 is 0 Å². The van der Waals surface area contributed by atoms with Gasteiger partial charge in [0.15, 0.2) is 0 Å². The highest BCUT2D eigenvalue weighted by Crippen LogP contribution is 2.27. The van der Waals surface area contributed by atoms with Crippen LogP contribution in [0.25, 0.3) is 0 Å². The predicted octanol–water partition coefficient (Wildman–Crippen LogP) is 5.96. The third-order valence-corrected chi connectivity index (χ3v) is 7.31. The van der Waals surface area contributed by atoms with Crippen LogP contribution in [0.15, 0.2) is 70.3 Å². The number of rotatable bonds is 8. The highest BCUT2D eigenvalue weighted by atomic mass is 32.2. The molecule has 2 heterocycles. The molecule has 0 aliphatic carbocycles. The molecule has 0 bridgehead atoms. The Hall–Kier alpha value is -2.08. The molecule has 0 atom stereocenters. The number of carbonyl (C=O) groups is 1. The van der Waals surface area contributed by atoms with Crippen molar-refractivity contribution >= 4 is 29.0 Å². The summed E-state index contributed by atoms with van der Waals surface area (Å²) in [4.78, 5) is 16.4. The molecule has 1 aliphatic rings. The molecule has 1 aromatic heterocycles. The molecule has 1 amide bonds. The van der Waals surface area contributed by atoms with Crippen molar-refractivity contribution in [3.8, 4) is 0 Å². The summed E-state index contributed by atoms with van der Waals surface area (Å²) in [6.07, 6.45) is 4.00. The average molecular weight is 437 g/mol. The molecule has 3 nitrogen and oxygen atoms in total. The maximum absolute atomic E-state index is 12.8. The minimum absolute atomic E-state index is 0.0131. The van der Waals surface area contributed by atoms with Crippen LogP contribution < -0.4 is 5.32 Å². The van der Waals surface area contributed by atoms with Crippen molar-refractivity contribution in [1.82, 2.24) is 10.2 Å². The molecule has 1 N–H and O–H groups in total. The van der Waals surface area contributed by atoms with E-state index in [0.29, 0.717) is 6.54 Å². The van der Waals surface area contributed by atoms with E-state index in [1.54, 1.807) is 23.1 Å². The number of hydrogen-bond acceptors (Lipinski definition) is 4. The molecule has 0 saturated carbocycles. The molecule has 1 fully saturated rings. The van der Waals surface area contributed by atoms with Gasteiger partial charge in [-0.2, -0.15) is 11.3 Å². The van der Waals surface area contributed by atoms with Crippen LogP contribution in [0.4, 0.5) is 0 Å². The van der Waals surface area contributed by atoms with Crippen molar-refractivity contribution in [2.75, 3.05) is 13.1 Å². The highest BCUT2D eigenvalue weighted by Gasteiger charge is 2.12. The van der Waals surface area contributed by atoms with Gasteiger partial charge in [0.2, 0.25) is 0 Å². The molecule has 4 rings (SSSR count). The quantitative estimate of drug-likeness (QED) is 0.443. The van der Waals surface area contributed by atoms with E-state index in [0.717, 1.165) is 28.3 Å². The fourth-order valence-corrected chi connectivity index (χ4v) is 5.50. The van der Waals surface area contributed by atoms with E-state index in [2.05, 4.69) is 51.3 Å². The van der Waals surface area contributed by atoms with Gasteiger partial charge in [-0.1, -0.05) is 42.8 Å². The van der Waals surface area contributed by atoms with E-state index in [1.165, 1.54) is 43.5 Å². The van der Waals surface area contributed by atoms with E-state index in [1.807, 2.05) is 24.3 Å². The third kappa shape index (κ3) is 5.97. The first-order valence-electron chi connectivity index (χ1n) is 10.6. The lowest BCUT2D eigenvalue weighted by molar-refractivity contribution is 0.0948. The lowest BCUT2D eigenvalue weighted by Gasteiger charge is -2.26. The van der Waals surface area contributed by atoms with Gasteiger partial charge in [-0.25, -0.2) is 0 Å². The van der Waals surface area contributed by atoms with Crippen molar-refractivity contribution in [3.63, 3.8) is 0 Å². The van der Waals surface area contributed by atoms with Crippen LogP contribution in [0.5, 0.6) is 0 Å². The summed E-state index contributed by atoms with van der Waals surface area (Å²) < 4.78 is 0. The zero-order chi connectivity index (χ0) is 20.6. The van der Waals surface area contributed by atoms with E-state index in [4.69, 9.17) is 0 Å². The molecule has 5 heteroatoms. The van der Waals surface area contributed by atoms with Gasteiger partial charge < -0.3 is 5.32 Å². The number of benzene rings is 2. The Labute approximate surface area is 187 Å². The van der Waals surface area contributed by atoms with Gasteiger partial charge in [-0.15, -0.1) is 11.8 Å². The molecule has 156 valence electrons. The van der Waals surface area contributed by atoms with Crippen molar-refractivity contribution in [2.24, 2.45) is 0 Å². The van der Waals surface area contributed by atoms with Crippen molar-refractivity contribution in [1.29, 1.82) is 0 Å². The second kappa shape index (κ2) is 10.8. The molecule has 0 spiro atoms. The first-order valence-corrected chi connectivity index (χ1v) is 12.5. The molecular formula is C25H28N2OS2. The number of nitrogens with one attached hydrogen (secondary N) is 1. The Morgan fingerprint density at radius 3 is 2.47 bits per heavy atom. The van der Waals surface area contributed by atoms with Gasteiger partial charge in [0, 0.05) is 23.7 Å². The Morgan fingerprint density at radius 2 is 1.70 bits per heavy atom. The van der Waals surface area contributed by atoms with E-state index in [-0.39, 0.29) is 5.91 Å². The minimum atomic E-state index is -0.0131. The van der Waals surface area contributed by atoms with Crippen LogP contribution in [0.3, 0.4) is 0 Å². The number of amides is 1. The summed E-state index contributed by atoms with van der Waals surface area (Å²) in [6.45, 7) is 4.00. The summed E-state index contributed by atoms with van der Waals surface area (Å²) >= 11 is 3.42. The second-order valence-corrected chi connectivity index (χ2v) is 9.55.